The predicted octanol–water partition coefficient (Wildman–Crippen LogP) is 3.00. The highest BCUT2D eigenvalue weighted by molar-refractivity contribution is 5.86. The summed E-state index contributed by atoms with van der Waals surface area (Å²) < 4.78 is 9.70. The molecule has 88 valence electrons. The Balaban J connectivity index is 3.02. The lowest BCUT2D eigenvalue weighted by Crippen LogP contribution is -2.12. The number of nitrogens with one attached hydrogen (secondary N) is 1. The highest BCUT2D eigenvalue weighted by atomic mass is 16.5. The van der Waals surface area contributed by atoms with Gasteiger partial charge in [0.25, 0.3) is 0 Å². The van der Waals surface area contributed by atoms with Crippen LogP contribution in [-0.4, -0.2) is 20.3 Å². The molecule has 4 nitrogen and oxygen atoms in total. The summed E-state index contributed by atoms with van der Waals surface area (Å²) in [5.74, 6) is 1.01. The van der Waals surface area contributed by atoms with Crippen LogP contribution in [0.1, 0.15) is 25.3 Å². The van der Waals surface area contributed by atoms with E-state index in [9.17, 15) is 4.79 Å². The van der Waals surface area contributed by atoms with Gasteiger partial charge in [0, 0.05) is 0 Å². The number of carbonyl (C=O) groups excluding carboxylic acids is 1. The van der Waals surface area contributed by atoms with Crippen LogP contribution >= 0.6 is 0 Å². The topological polar surface area (TPSA) is 47.6 Å². The zero-order chi connectivity index (χ0) is 12.1. The van der Waals surface area contributed by atoms with Crippen LogP contribution in [0.2, 0.25) is 0 Å². The molecule has 0 aliphatic carbocycles. The van der Waals surface area contributed by atoms with Crippen molar-refractivity contribution in [3.63, 3.8) is 0 Å². The van der Waals surface area contributed by atoms with Gasteiger partial charge in [-0.15, -0.1) is 0 Å². The second-order valence-electron chi connectivity index (χ2n) is 3.73. The quantitative estimate of drug-likeness (QED) is 0.856. The lowest BCUT2D eigenvalue weighted by Gasteiger charge is -2.12. The second-order valence-corrected chi connectivity index (χ2v) is 3.73. The lowest BCUT2D eigenvalue weighted by atomic mass is 10.0. The van der Waals surface area contributed by atoms with Crippen LogP contribution in [-0.2, 0) is 4.74 Å². The van der Waals surface area contributed by atoms with Gasteiger partial charge >= 0.3 is 6.09 Å². The van der Waals surface area contributed by atoms with Crippen molar-refractivity contribution in [2.45, 2.75) is 19.8 Å². The Bertz CT molecular complexity index is 375. The molecule has 1 rings (SSSR count). The Morgan fingerprint density at radius 3 is 2.50 bits per heavy atom. The van der Waals surface area contributed by atoms with Gasteiger partial charge in [-0.3, -0.25) is 5.32 Å². The SMILES string of the molecule is COC(=O)Nc1cc(C(C)C)ccc1OC. The van der Waals surface area contributed by atoms with Gasteiger partial charge in [0.1, 0.15) is 5.75 Å². The molecule has 1 aromatic rings. The van der Waals surface area contributed by atoms with Crippen LogP contribution in [0.25, 0.3) is 0 Å². The van der Waals surface area contributed by atoms with E-state index in [1.165, 1.54) is 7.11 Å². The van der Waals surface area contributed by atoms with E-state index in [4.69, 9.17) is 4.74 Å². The van der Waals surface area contributed by atoms with Crippen molar-refractivity contribution in [1.82, 2.24) is 0 Å². The number of hydrogen-bond donors (Lipinski definition) is 1. The summed E-state index contributed by atoms with van der Waals surface area (Å²) in [4.78, 5) is 11.1. The number of rotatable bonds is 3. The van der Waals surface area contributed by atoms with Crippen molar-refractivity contribution in [2.75, 3.05) is 19.5 Å². The molecule has 0 bridgehead atoms. The molecule has 0 atom stereocenters. The zero-order valence-corrected chi connectivity index (χ0v) is 10.0. The molecule has 0 fully saturated rings. The third kappa shape index (κ3) is 2.89. The van der Waals surface area contributed by atoms with E-state index < -0.39 is 6.09 Å². The molecule has 0 aliphatic rings. The van der Waals surface area contributed by atoms with Gasteiger partial charge in [0.2, 0.25) is 0 Å². The van der Waals surface area contributed by atoms with Crippen molar-refractivity contribution < 1.29 is 14.3 Å². The second kappa shape index (κ2) is 5.39. The first-order valence-electron chi connectivity index (χ1n) is 5.11. The minimum atomic E-state index is -0.501. The van der Waals surface area contributed by atoms with Gasteiger partial charge < -0.3 is 9.47 Å². The van der Waals surface area contributed by atoms with Crippen LogP contribution in [0.3, 0.4) is 0 Å². The fraction of sp³-hybridized carbons (Fsp3) is 0.417. The third-order valence-corrected chi connectivity index (χ3v) is 2.31. The normalized spacial score (nSPS) is 10.1. The van der Waals surface area contributed by atoms with E-state index in [1.54, 1.807) is 7.11 Å². The standard InChI is InChI=1S/C12H17NO3/c1-8(2)9-5-6-11(15-3)10(7-9)13-12(14)16-4/h5-8H,1-4H3,(H,13,14). The summed E-state index contributed by atoms with van der Waals surface area (Å²) in [6.45, 7) is 4.17. The molecular weight excluding hydrogens is 206 g/mol. The maximum absolute atomic E-state index is 11.1. The highest BCUT2D eigenvalue weighted by Crippen LogP contribution is 2.28. The molecule has 16 heavy (non-hydrogen) atoms. The van der Waals surface area contributed by atoms with E-state index in [2.05, 4.69) is 23.9 Å². The Kier molecular flexibility index (Phi) is 4.17. The van der Waals surface area contributed by atoms with E-state index >= 15 is 0 Å². The molecule has 0 aliphatic heterocycles. The Morgan fingerprint density at radius 2 is 2.00 bits per heavy atom. The fourth-order valence-electron chi connectivity index (χ4n) is 1.34. The number of anilines is 1. The molecule has 0 unspecified atom stereocenters. The number of methoxy groups -OCH3 is 2. The number of ether oxygens (including phenoxy) is 2. The summed E-state index contributed by atoms with van der Waals surface area (Å²) in [6, 6.07) is 5.70. The van der Waals surface area contributed by atoms with Crippen LogP contribution in [0.15, 0.2) is 18.2 Å². The molecule has 4 heteroatoms. The van der Waals surface area contributed by atoms with Crippen molar-refractivity contribution in [1.29, 1.82) is 0 Å². The van der Waals surface area contributed by atoms with E-state index in [-0.39, 0.29) is 0 Å². The van der Waals surface area contributed by atoms with E-state index in [1.807, 2.05) is 18.2 Å². The summed E-state index contributed by atoms with van der Waals surface area (Å²) >= 11 is 0. The van der Waals surface area contributed by atoms with Gasteiger partial charge in [-0.2, -0.15) is 0 Å². The van der Waals surface area contributed by atoms with Gasteiger partial charge in [-0.1, -0.05) is 19.9 Å². The lowest BCUT2D eigenvalue weighted by molar-refractivity contribution is 0.187. The minimum absolute atomic E-state index is 0.393. The first kappa shape index (κ1) is 12.4. The number of hydrogen-bond acceptors (Lipinski definition) is 3. The highest BCUT2D eigenvalue weighted by Gasteiger charge is 2.09. The smallest absolute Gasteiger partial charge is 0.411 e. The minimum Gasteiger partial charge on any atom is -0.495 e. The van der Waals surface area contributed by atoms with Gasteiger partial charge in [-0.25, -0.2) is 4.79 Å². The molecular formula is C12H17NO3. The maximum Gasteiger partial charge on any atom is 0.411 e. The molecule has 1 amide bonds. The van der Waals surface area contributed by atoms with Gasteiger partial charge in [-0.05, 0) is 23.6 Å². The predicted molar refractivity (Wildman–Crippen MR) is 63.1 cm³/mol. The van der Waals surface area contributed by atoms with Crippen molar-refractivity contribution in [3.05, 3.63) is 23.8 Å². The molecule has 0 saturated carbocycles. The van der Waals surface area contributed by atoms with Crippen LogP contribution in [0.5, 0.6) is 5.75 Å². The summed E-state index contributed by atoms with van der Waals surface area (Å²) in [7, 11) is 2.89. The van der Waals surface area contributed by atoms with E-state index in [0.29, 0.717) is 17.4 Å². The average Bonchev–Trinajstić information content (AvgIpc) is 2.28. The van der Waals surface area contributed by atoms with Gasteiger partial charge in [0.05, 0.1) is 19.9 Å². The molecule has 1 N–H and O–H groups in total. The van der Waals surface area contributed by atoms with Crippen LogP contribution in [0.4, 0.5) is 10.5 Å². The summed E-state index contributed by atoms with van der Waals surface area (Å²) in [5.41, 5.74) is 1.76. The number of benzene rings is 1. The third-order valence-electron chi connectivity index (χ3n) is 2.31. The monoisotopic (exact) mass is 223 g/mol. The van der Waals surface area contributed by atoms with Crippen LogP contribution < -0.4 is 10.1 Å². The molecule has 0 saturated heterocycles. The first-order chi connectivity index (χ1) is 7.58. The summed E-state index contributed by atoms with van der Waals surface area (Å²) in [6.07, 6.45) is -0.501. The molecule has 0 aromatic heterocycles. The Labute approximate surface area is 95.6 Å². The zero-order valence-electron chi connectivity index (χ0n) is 10.0. The largest absolute Gasteiger partial charge is 0.495 e. The molecule has 0 radical (unpaired) electrons. The van der Waals surface area contributed by atoms with Crippen molar-refractivity contribution in [2.24, 2.45) is 0 Å². The Morgan fingerprint density at radius 1 is 1.31 bits per heavy atom. The summed E-state index contributed by atoms with van der Waals surface area (Å²) in [5, 5.41) is 2.62. The number of amides is 1. The molecule has 0 spiro atoms. The molecule has 1 aromatic carbocycles. The number of carbonyl (C=O) groups is 1. The fourth-order valence-corrected chi connectivity index (χ4v) is 1.34. The van der Waals surface area contributed by atoms with Gasteiger partial charge in [0.15, 0.2) is 0 Å². The van der Waals surface area contributed by atoms with Crippen LogP contribution in [0, 0.1) is 0 Å². The maximum atomic E-state index is 11.1. The molecule has 0 heterocycles. The van der Waals surface area contributed by atoms with Crippen molar-refractivity contribution >= 4 is 11.8 Å². The Hall–Kier alpha value is -1.71. The average molecular weight is 223 g/mol. The van der Waals surface area contributed by atoms with E-state index in [0.717, 1.165) is 5.56 Å². The van der Waals surface area contributed by atoms with Crippen molar-refractivity contribution in [3.8, 4) is 5.75 Å². The first-order valence-corrected chi connectivity index (χ1v) is 5.11.